The smallest absolute Gasteiger partial charge is 0.255 e. The lowest BCUT2D eigenvalue weighted by Gasteiger charge is -2.41. The van der Waals surface area contributed by atoms with Crippen LogP contribution < -0.4 is 4.90 Å². The van der Waals surface area contributed by atoms with E-state index in [0.717, 1.165) is 13.0 Å². The molecule has 1 aliphatic heterocycles. The maximum atomic E-state index is 12.4. The number of hydrogen-bond acceptors (Lipinski definition) is 6. The van der Waals surface area contributed by atoms with Gasteiger partial charge in [-0.1, -0.05) is 0 Å². The molecule has 0 unspecified atom stereocenters. The zero-order chi connectivity index (χ0) is 17.0. The minimum absolute atomic E-state index is 0.149. The van der Waals surface area contributed by atoms with Crippen molar-refractivity contribution in [1.82, 2.24) is 19.9 Å². The molecule has 3 heterocycles. The lowest BCUT2D eigenvalue weighted by molar-refractivity contribution is -0.000307. The van der Waals surface area contributed by atoms with Crippen LogP contribution >= 0.6 is 0 Å². The molecule has 3 rings (SSSR count). The van der Waals surface area contributed by atoms with Gasteiger partial charge in [0.05, 0.1) is 24.3 Å². The molecule has 1 atom stereocenters. The van der Waals surface area contributed by atoms with E-state index < -0.39 is 5.60 Å². The molecule has 1 N–H and O–H groups in total. The first-order valence-electron chi connectivity index (χ1n) is 7.97. The van der Waals surface area contributed by atoms with E-state index in [9.17, 15) is 9.90 Å². The Morgan fingerprint density at radius 1 is 1.33 bits per heavy atom. The SMILES string of the molecule is CN(C[C@@]1(O)CCCN(c2ncccn2)C1)C(=O)c1cccnc1. The number of carbonyl (C=O) groups is 1. The minimum Gasteiger partial charge on any atom is -0.386 e. The average molecular weight is 327 g/mol. The predicted octanol–water partition coefficient (Wildman–Crippen LogP) is 0.975. The van der Waals surface area contributed by atoms with E-state index in [4.69, 9.17) is 0 Å². The maximum Gasteiger partial charge on any atom is 0.255 e. The zero-order valence-electron chi connectivity index (χ0n) is 13.7. The van der Waals surface area contributed by atoms with Crippen LogP contribution in [0.3, 0.4) is 0 Å². The molecule has 0 bridgehead atoms. The number of nitrogens with zero attached hydrogens (tertiary/aromatic N) is 5. The second-order valence-electron chi connectivity index (χ2n) is 6.20. The van der Waals surface area contributed by atoms with Crippen LogP contribution in [0.4, 0.5) is 5.95 Å². The van der Waals surface area contributed by atoms with Gasteiger partial charge >= 0.3 is 0 Å². The molecule has 1 amide bonds. The summed E-state index contributed by atoms with van der Waals surface area (Å²) in [7, 11) is 1.70. The number of piperidine rings is 1. The third kappa shape index (κ3) is 3.68. The van der Waals surface area contributed by atoms with Gasteiger partial charge in [-0.25, -0.2) is 9.97 Å². The summed E-state index contributed by atoms with van der Waals surface area (Å²) in [5, 5.41) is 11.0. The first-order chi connectivity index (χ1) is 11.6. The summed E-state index contributed by atoms with van der Waals surface area (Å²) in [5.41, 5.74) is -0.466. The Morgan fingerprint density at radius 2 is 2.12 bits per heavy atom. The quantitative estimate of drug-likeness (QED) is 0.901. The van der Waals surface area contributed by atoms with Crippen LogP contribution in [0, 0.1) is 0 Å². The van der Waals surface area contributed by atoms with Crippen molar-refractivity contribution < 1.29 is 9.90 Å². The molecule has 0 spiro atoms. The highest BCUT2D eigenvalue weighted by Gasteiger charge is 2.36. The molecule has 24 heavy (non-hydrogen) atoms. The van der Waals surface area contributed by atoms with Crippen molar-refractivity contribution in [3.05, 3.63) is 48.5 Å². The number of anilines is 1. The van der Waals surface area contributed by atoms with Gasteiger partial charge in [0.25, 0.3) is 5.91 Å². The Balaban J connectivity index is 1.68. The fraction of sp³-hybridized carbons (Fsp3) is 0.412. The molecule has 2 aromatic heterocycles. The largest absolute Gasteiger partial charge is 0.386 e. The number of carbonyl (C=O) groups excluding carboxylic acids is 1. The Kier molecular flexibility index (Phi) is 4.71. The van der Waals surface area contributed by atoms with Gasteiger partial charge in [0.1, 0.15) is 0 Å². The zero-order valence-corrected chi connectivity index (χ0v) is 13.7. The highest BCUT2D eigenvalue weighted by atomic mass is 16.3. The molecular formula is C17H21N5O2. The van der Waals surface area contributed by atoms with E-state index in [-0.39, 0.29) is 12.5 Å². The first-order valence-corrected chi connectivity index (χ1v) is 7.97. The van der Waals surface area contributed by atoms with Crippen LogP contribution in [0.2, 0.25) is 0 Å². The fourth-order valence-electron chi connectivity index (χ4n) is 3.09. The maximum absolute atomic E-state index is 12.4. The van der Waals surface area contributed by atoms with Gasteiger partial charge in [0.15, 0.2) is 0 Å². The van der Waals surface area contributed by atoms with Gasteiger partial charge in [-0.2, -0.15) is 0 Å². The number of pyridine rings is 1. The molecule has 7 nitrogen and oxygen atoms in total. The number of β-amino-alcohol motifs (C(OH)–C–C–N with tert-alkyl or cyclic N) is 1. The Morgan fingerprint density at radius 3 is 2.83 bits per heavy atom. The topological polar surface area (TPSA) is 82.5 Å². The van der Waals surface area contributed by atoms with Gasteiger partial charge in [-0.3, -0.25) is 9.78 Å². The third-order valence-corrected chi connectivity index (χ3v) is 4.18. The fourth-order valence-corrected chi connectivity index (χ4v) is 3.09. The molecule has 0 aromatic carbocycles. The summed E-state index contributed by atoms with van der Waals surface area (Å²) < 4.78 is 0. The normalized spacial score (nSPS) is 20.7. The van der Waals surface area contributed by atoms with Gasteiger partial charge < -0.3 is 14.9 Å². The summed E-state index contributed by atoms with van der Waals surface area (Å²) in [4.78, 5) is 28.4. The number of hydrogen-bond donors (Lipinski definition) is 1. The molecule has 1 aliphatic rings. The van der Waals surface area contributed by atoms with E-state index in [0.29, 0.717) is 24.5 Å². The number of aromatic nitrogens is 3. The van der Waals surface area contributed by atoms with Crippen molar-refractivity contribution >= 4 is 11.9 Å². The molecular weight excluding hydrogens is 306 g/mol. The highest BCUT2D eigenvalue weighted by molar-refractivity contribution is 5.93. The number of aliphatic hydroxyl groups is 1. The summed E-state index contributed by atoms with van der Waals surface area (Å²) in [6, 6.07) is 5.21. The summed E-state index contributed by atoms with van der Waals surface area (Å²) in [5.74, 6) is 0.460. The predicted molar refractivity (Wildman–Crippen MR) is 89.6 cm³/mol. The van der Waals surface area contributed by atoms with Crippen molar-refractivity contribution in [3.63, 3.8) is 0 Å². The summed E-state index contributed by atoms with van der Waals surface area (Å²) in [6.07, 6.45) is 8.00. The molecule has 126 valence electrons. The van der Waals surface area contributed by atoms with Gasteiger partial charge in [0, 0.05) is 38.4 Å². The van der Waals surface area contributed by atoms with E-state index in [1.807, 2.05) is 4.90 Å². The van der Waals surface area contributed by atoms with Gasteiger partial charge in [-0.05, 0) is 31.0 Å². The Bertz CT molecular complexity index is 682. The van der Waals surface area contributed by atoms with E-state index >= 15 is 0 Å². The van der Waals surface area contributed by atoms with Crippen LogP contribution in [-0.2, 0) is 0 Å². The van der Waals surface area contributed by atoms with Crippen LogP contribution in [0.1, 0.15) is 23.2 Å². The lowest BCUT2D eigenvalue weighted by atomic mass is 9.92. The number of rotatable bonds is 4. The monoisotopic (exact) mass is 327 g/mol. The molecule has 2 aromatic rings. The van der Waals surface area contributed by atoms with Crippen molar-refractivity contribution in [2.75, 3.05) is 31.6 Å². The first kappa shape index (κ1) is 16.3. The molecule has 1 fully saturated rings. The Labute approximate surface area is 141 Å². The van der Waals surface area contributed by atoms with Crippen molar-refractivity contribution in [2.45, 2.75) is 18.4 Å². The molecule has 1 saturated heterocycles. The Hall–Kier alpha value is -2.54. The van der Waals surface area contributed by atoms with Crippen LogP contribution in [0.25, 0.3) is 0 Å². The average Bonchev–Trinajstić information content (AvgIpc) is 2.62. The van der Waals surface area contributed by atoms with E-state index in [1.165, 1.54) is 6.20 Å². The molecule has 0 saturated carbocycles. The van der Waals surface area contributed by atoms with Gasteiger partial charge in [-0.15, -0.1) is 0 Å². The highest BCUT2D eigenvalue weighted by Crippen LogP contribution is 2.24. The summed E-state index contributed by atoms with van der Waals surface area (Å²) >= 11 is 0. The molecule has 7 heteroatoms. The van der Waals surface area contributed by atoms with Crippen LogP contribution in [0.15, 0.2) is 43.0 Å². The third-order valence-electron chi connectivity index (χ3n) is 4.18. The minimum atomic E-state index is -0.982. The molecule has 0 radical (unpaired) electrons. The molecule has 0 aliphatic carbocycles. The lowest BCUT2D eigenvalue weighted by Crippen LogP contribution is -2.55. The van der Waals surface area contributed by atoms with Gasteiger partial charge in [0.2, 0.25) is 5.95 Å². The van der Waals surface area contributed by atoms with Crippen molar-refractivity contribution in [3.8, 4) is 0 Å². The number of amides is 1. The number of likely N-dealkylation sites (N-methyl/N-ethyl adjacent to an activating group) is 1. The van der Waals surface area contributed by atoms with Crippen molar-refractivity contribution in [2.24, 2.45) is 0 Å². The van der Waals surface area contributed by atoms with Crippen LogP contribution in [0.5, 0.6) is 0 Å². The second kappa shape index (κ2) is 6.92. The standard InChI is InChI=1S/C17H21N5O2/c1-21(15(23)14-5-2-7-18-11-14)12-17(24)6-3-10-22(13-17)16-19-8-4-9-20-16/h2,4-5,7-9,11,24H,3,6,10,12-13H2,1H3/t17-/m0/s1. The van der Waals surface area contributed by atoms with E-state index in [2.05, 4.69) is 15.0 Å². The second-order valence-corrected chi connectivity index (χ2v) is 6.20. The van der Waals surface area contributed by atoms with Crippen molar-refractivity contribution in [1.29, 1.82) is 0 Å². The summed E-state index contributed by atoms with van der Waals surface area (Å²) in [6.45, 7) is 1.46. The van der Waals surface area contributed by atoms with E-state index in [1.54, 1.807) is 48.7 Å². The van der Waals surface area contributed by atoms with Crippen LogP contribution in [-0.4, -0.2) is 63.1 Å².